The highest BCUT2D eigenvalue weighted by Gasteiger charge is 2.24. The number of furan rings is 2. The van der Waals surface area contributed by atoms with E-state index in [9.17, 15) is 0 Å². The van der Waals surface area contributed by atoms with Crippen LogP contribution in [-0.2, 0) is 6.42 Å². The van der Waals surface area contributed by atoms with E-state index in [4.69, 9.17) is 23.8 Å². The van der Waals surface area contributed by atoms with Crippen LogP contribution in [0.1, 0.15) is 42.5 Å². The van der Waals surface area contributed by atoms with Crippen molar-refractivity contribution >= 4 is 50.1 Å². The molecular formula is C46H33N3O2. The van der Waals surface area contributed by atoms with Crippen LogP contribution >= 0.6 is 0 Å². The van der Waals surface area contributed by atoms with Gasteiger partial charge in [-0.2, -0.15) is 0 Å². The third-order valence-corrected chi connectivity index (χ3v) is 10.2. The number of allylic oxidation sites excluding steroid dienone is 5. The molecule has 1 atom stereocenters. The third kappa shape index (κ3) is 5.12. The predicted octanol–water partition coefficient (Wildman–Crippen LogP) is 12.0. The zero-order valence-corrected chi connectivity index (χ0v) is 28.1. The van der Waals surface area contributed by atoms with Crippen molar-refractivity contribution in [2.45, 2.75) is 26.2 Å². The molecule has 2 aliphatic carbocycles. The molecule has 2 aliphatic rings. The lowest BCUT2D eigenvalue weighted by Crippen LogP contribution is -2.05. The maximum Gasteiger partial charge on any atom is 0.164 e. The molecule has 0 aliphatic heterocycles. The summed E-state index contributed by atoms with van der Waals surface area (Å²) in [4.78, 5) is 15.5. The highest BCUT2D eigenvalue weighted by atomic mass is 16.3. The number of hydrogen-bond acceptors (Lipinski definition) is 5. The lowest BCUT2D eigenvalue weighted by molar-refractivity contribution is 0.513. The second kappa shape index (κ2) is 11.9. The van der Waals surface area contributed by atoms with Gasteiger partial charge in [-0.15, -0.1) is 0 Å². The third-order valence-electron chi connectivity index (χ3n) is 10.2. The Morgan fingerprint density at radius 1 is 0.549 bits per heavy atom. The summed E-state index contributed by atoms with van der Waals surface area (Å²) in [5, 5.41) is 3.14. The molecule has 244 valence electrons. The van der Waals surface area contributed by atoms with E-state index in [2.05, 4.69) is 116 Å². The van der Waals surface area contributed by atoms with E-state index in [-0.39, 0.29) is 0 Å². The van der Waals surface area contributed by atoms with Crippen molar-refractivity contribution in [1.82, 2.24) is 15.0 Å². The fourth-order valence-corrected chi connectivity index (χ4v) is 7.67. The second-order valence-electron chi connectivity index (χ2n) is 13.6. The molecule has 3 heterocycles. The fraction of sp³-hybridized carbons (Fsp3) is 0.109. The molecule has 0 N–H and O–H groups in total. The van der Waals surface area contributed by atoms with Crippen molar-refractivity contribution in [3.8, 4) is 33.9 Å². The van der Waals surface area contributed by atoms with Gasteiger partial charge in [-0.25, -0.2) is 15.0 Å². The Hall–Kier alpha value is -6.33. The molecule has 5 nitrogen and oxygen atoms in total. The maximum atomic E-state index is 6.58. The minimum Gasteiger partial charge on any atom is -0.460 e. The fourth-order valence-electron chi connectivity index (χ4n) is 7.67. The van der Waals surface area contributed by atoms with Crippen LogP contribution in [-0.4, -0.2) is 15.0 Å². The van der Waals surface area contributed by atoms with E-state index < -0.39 is 0 Å². The Bertz CT molecular complexity index is 2730. The molecule has 5 heteroatoms. The first-order chi connectivity index (χ1) is 25.2. The van der Waals surface area contributed by atoms with E-state index in [0.29, 0.717) is 23.4 Å². The first-order valence-corrected chi connectivity index (χ1v) is 17.6. The maximum absolute atomic E-state index is 6.58. The number of fused-ring (bicyclic) bond motifs is 6. The van der Waals surface area contributed by atoms with Crippen molar-refractivity contribution in [1.29, 1.82) is 0 Å². The van der Waals surface area contributed by atoms with Crippen LogP contribution in [0.5, 0.6) is 0 Å². The Kier molecular flexibility index (Phi) is 6.91. The molecule has 1 unspecified atom stereocenters. The van der Waals surface area contributed by atoms with E-state index in [1.807, 2.05) is 30.3 Å². The molecule has 10 rings (SSSR count). The summed E-state index contributed by atoms with van der Waals surface area (Å²) in [6, 6.07) is 39.7. The van der Waals surface area contributed by atoms with Crippen LogP contribution in [0.3, 0.4) is 0 Å². The highest BCUT2D eigenvalue weighted by Crippen LogP contribution is 2.44. The smallest absolute Gasteiger partial charge is 0.164 e. The van der Waals surface area contributed by atoms with Crippen molar-refractivity contribution < 1.29 is 8.83 Å². The van der Waals surface area contributed by atoms with Crippen molar-refractivity contribution in [2.75, 3.05) is 0 Å². The number of hydrogen-bond donors (Lipinski definition) is 0. The molecule has 0 spiro atoms. The standard InChI is InChI=1S/C46H33N3O2/c1-28-19-24-36-40(25-28)51-39-18-10-16-34(42(36)39)33-26-37(43-35-15-8-9-17-38(35)50-41(43)27-33)46-48-44(31-13-6-3-7-14-31)47-45(49-46)32-22-20-30(21-23-32)29-11-4-2-5-12-29/h2-20,22,24,26-28H,21,23,25H2,1H3. The first kappa shape index (κ1) is 29.6. The number of nitrogens with zero attached hydrogens (tertiary/aromatic N) is 3. The largest absolute Gasteiger partial charge is 0.460 e. The summed E-state index contributed by atoms with van der Waals surface area (Å²) in [6.07, 6.45) is 11.5. The van der Waals surface area contributed by atoms with Gasteiger partial charge in [0.25, 0.3) is 0 Å². The van der Waals surface area contributed by atoms with E-state index in [1.165, 1.54) is 11.1 Å². The normalized spacial score (nSPS) is 15.7. The first-order valence-electron chi connectivity index (χ1n) is 17.6. The summed E-state index contributed by atoms with van der Waals surface area (Å²) >= 11 is 0. The summed E-state index contributed by atoms with van der Waals surface area (Å²) in [5.74, 6) is 3.43. The molecule has 51 heavy (non-hydrogen) atoms. The molecule has 0 bridgehead atoms. The van der Waals surface area contributed by atoms with Gasteiger partial charge in [-0.05, 0) is 70.9 Å². The minimum absolute atomic E-state index is 0.441. The quantitative estimate of drug-likeness (QED) is 0.184. The van der Waals surface area contributed by atoms with Crippen LogP contribution in [0.15, 0.2) is 142 Å². The van der Waals surface area contributed by atoms with Crippen molar-refractivity contribution in [2.24, 2.45) is 5.92 Å². The van der Waals surface area contributed by atoms with Crippen LogP contribution in [0.25, 0.3) is 84.0 Å². The number of rotatable bonds is 5. The van der Waals surface area contributed by atoms with E-state index in [0.717, 1.165) is 91.3 Å². The summed E-state index contributed by atoms with van der Waals surface area (Å²) < 4.78 is 13.0. The molecule has 5 aromatic carbocycles. The molecule has 0 amide bonds. The van der Waals surface area contributed by atoms with E-state index in [1.54, 1.807) is 0 Å². The van der Waals surface area contributed by atoms with Crippen molar-refractivity contribution in [3.63, 3.8) is 0 Å². The van der Waals surface area contributed by atoms with Gasteiger partial charge in [0.2, 0.25) is 0 Å². The van der Waals surface area contributed by atoms with Gasteiger partial charge in [-0.3, -0.25) is 0 Å². The highest BCUT2D eigenvalue weighted by molar-refractivity contribution is 6.14. The summed E-state index contributed by atoms with van der Waals surface area (Å²) in [6.45, 7) is 2.23. The number of para-hydroxylation sites is 1. The average Bonchev–Trinajstić information content (AvgIpc) is 3.76. The van der Waals surface area contributed by atoms with Gasteiger partial charge in [-0.1, -0.05) is 122 Å². The molecule has 3 aromatic heterocycles. The van der Waals surface area contributed by atoms with Gasteiger partial charge in [0.15, 0.2) is 17.5 Å². The van der Waals surface area contributed by atoms with Gasteiger partial charge in [0.05, 0.1) is 0 Å². The lowest BCUT2D eigenvalue weighted by Gasteiger charge is -2.16. The zero-order chi connectivity index (χ0) is 33.9. The SMILES string of the molecule is CC1C=Cc2c(oc3cccc(-c4cc(-c5nc(C6=CC=C(c7ccccc7)CC6)nc(-c6ccccc6)n5)c5c(c4)oc4ccccc45)c23)C1. The van der Waals surface area contributed by atoms with Gasteiger partial charge in [0, 0.05) is 39.3 Å². The molecule has 8 aromatic rings. The lowest BCUT2D eigenvalue weighted by atomic mass is 9.91. The Labute approximate surface area is 295 Å². The van der Waals surface area contributed by atoms with Crippen LogP contribution in [0.4, 0.5) is 0 Å². The number of aromatic nitrogens is 3. The average molecular weight is 660 g/mol. The van der Waals surface area contributed by atoms with Crippen molar-refractivity contribution in [3.05, 3.63) is 156 Å². The van der Waals surface area contributed by atoms with Crippen LogP contribution in [0.2, 0.25) is 0 Å². The van der Waals surface area contributed by atoms with Gasteiger partial charge >= 0.3 is 0 Å². The summed E-state index contributed by atoms with van der Waals surface area (Å²) in [7, 11) is 0. The zero-order valence-electron chi connectivity index (χ0n) is 28.1. The predicted molar refractivity (Wildman–Crippen MR) is 207 cm³/mol. The van der Waals surface area contributed by atoms with Crippen LogP contribution < -0.4 is 0 Å². The Morgan fingerprint density at radius 2 is 1.25 bits per heavy atom. The minimum atomic E-state index is 0.441. The molecule has 0 fully saturated rings. The van der Waals surface area contributed by atoms with E-state index >= 15 is 0 Å². The van der Waals surface area contributed by atoms with Gasteiger partial charge in [0.1, 0.15) is 22.5 Å². The topological polar surface area (TPSA) is 65.0 Å². The second-order valence-corrected chi connectivity index (χ2v) is 13.6. The number of benzene rings is 5. The monoisotopic (exact) mass is 659 g/mol. The van der Waals surface area contributed by atoms with Gasteiger partial charge < -0.3 is 8.83 Å². The molecular weight excluding hydrogens is 627 g/mol. The summed E-state index contributed by atoms with van der Waals surface area (Å²) in [5.41, 5.74) is 11.3. The Balaban J connectivity index is 1.21. The molecule has 0 radical (unpaired) electrons. The Morgan fingerprint density at radius 3 is 2.08 bits per heavy atom. The molecule has 0 saturated carbocycles. The molecule has 0 saturated heterocycles. The van der Waals surface area contributed by atoms with Crippen LogP contribution in [0, 0.1) is 5.92 Å².